The van der Waals surface area contributed by atoms with Gasteiger partial charge in [-0.3, -0.25) is 4.79 Å². The Bertz CT molecular complexity index is 722. The molecule has 0 saturated carbocycles. The summed E-state index contributed by atoms with van der Waals surface area (Å²) in [5.41, 5.74) is 1.52. The van der Waals surface area contributed by atoms with E-state index in [1.807, 2.05) is 11.4 Å². The first-order valence-corrected chi connectivity index (χ1v) is 8.12. The number of aryl methyl sites for hydroxylation is 1. The lowest BCUT2D eigenvalue weighted by molar-refractivity contribution is -0.135. The number of aromatic nitrogens is 1. The molecule has 22 heavy (non-hydrogen) atoms. The summed E-state index contributed by atoms with van der Waals surface area (Å²) in [6, 6.07) is 3.56. The number of hydrogen-bond donors (Lipinski definition) is 0. The highest BCUT2D eigenvalue weighted by atomic mass is 35.5. The van der Waals surface area contributed by atoms with Crippen LogP contribution in [0.5, 0.6) is 0 Å². The standard InChI is InChI=1S/C15H15ClN2O3S/c1-17-8-11(16)6-12(17)15(20)21-9-14(19)18-4-2-13-10(7-18)3-5-22-13/h3,5-6,8H,2,4,7,9H2,1H3. The third-order valence-corrected chi connectivity index (χ3v) is 4.90. The van der Waals surface area contributed by atoms with Gasteiger partial charge in [-0.1, -0.05) is 11.6 Å². The molecule has 1 amide bonds. The van der Waals surface area contributed by atoms with Crippen molar-refractivity contribution in [2.45, 2.75) is 13.0 Å². The van der Waals surface area contributed by atoms with E-state index < -0.39 is 5.97 Å². The van der Waals surface area contributed by atoms with Gasteiger partial charge in [-0.25, -0.2) is 4.79 Å². The van der Waals surface area contributed by atoms with Gasteiger partial charge in [0.1, 0.15) is 5.69 Å². The van der Waals surface area contributed by atoms with Crippen molar-refractivity contribution in [1.29, 1.82) is 0 Å². The highest BCUT2D eigenvalue weighted by Gasteiger charge is 2.23. The average molecular weight is 339 g/mol. The second kappa shape index (κ2) is 6.14. The van der Waals surface area contributed by atoms with E-state index in [0.29, 0.717) is 23.8 Å². The number of thiophene rings is 1. The fraction of sp³-hybridized carbons (Fsp3) is 0.333. The normalized spacial score (nSPS) is 13.8. The van der Waals surface area contributed by atoms with Crippen LogP contribution in [0.4, 0.5) is 0 Å². The van der Waals surface area contributed by atoms with Crippen LogP contribution in [0.3, 0.4) is 0 Å². The average Bonchev–Trinajstić information content (AvgIpc) is 3.09. The Hall–Kier alpha value is -1.79. The van der Waals surface area contributed by atoms with Crippen molar-refractivity contribution in [1.82, 2.24) is 9.47 Å². The summed E-state index contributed by atoms with van der Waals surface area (Å²) in [4.78, 5) is 27.2. The molecular weight excluding hydrogens is 324 g/mol. The molecule has 0 bridgehead atoms. The Morgan fingerprint density at radius 3 is 3.00 bits per heavy atom. The molecule has 0 fully saturated rings. The van der Waals surface area contributed by atoms with Crippen molar-refractivity contribution < 1.29 is 14.3 Å². The van der Waals surface area contributed by atoms with E-state index in [0.717, 1.165) is 6.42 Å². The molecule has 0 unspecified atom stereocenters. The maximum atomic E-state index is 12.2. The van der Waals surface area contributed by atoms with Crippen LogP contribution in [-0.2, 0) is 29.5 Å². The van der Waals surface area contributed by atoms with Crippen LogP contribution in [0.15, 0.2) is 23.7 Å². The maximum Gasteiger partial charge on any atom is 0.355 e. The van der Waals surface area contributed by atoms with Crippen molar-refractivity contribution >= 4 is 34.8 Å². The number of esters is 1. The largest absolute Gasteiger partial charge is 0.451 e. The lowest BCUT2D eigenvalue weighted by Crippen LogP contribution is -2.38. The second-order valence-electron chi connectivity index (χ2n) is 5.16. The molecule has 0 atom stereocenters. The third-order valence-electron chi connectivity index (χ3n) is 3.67. The number of carbonyl (C=O) groups is 2. The van der Waals surface area contributed by atoms with Crippen LogP contribution in [-0.4, -0.2) is 34.5 Å². The number of rotatable bonds is 3. The fourth-order valence-electron chi connectivity index (χ4n) is 2.48. The highest BCUT2D eigenvalue weighted by molar-refractivity contribution is 7.10. The molecule has 2 aromatic rings. The molecule has 0 spiro atoms. The van der Waals surface area contributed by atoms with E-state index in [1.54, 1.807) is 34.0 Å². The smallest absolute Gasteiger partial charge is 0.355 e. The van der Waals surface area contributed by atoms with Gasteiger partial charge in [-0.15, -0.1) is 11.3 Å². The number of nitrogens with zero attached hydrogens (tertiary/aromatic N) is 2. The van der Waals surface area contributed by atoms with Gasteiger partial charge in [0.15, 0.2) is 6.61 Å². The first kappa shape index (κ1) is 15.1. The van der Waals surface area contributed by atoms with Crippen LogP contribution < -0.4 is 0 Å². The topological polar surface area (TPSA) is 51.5 Å². The molecule has 0 saturated heterocycles. The quantitative estimate of drug-likeness (QED) is 0.808. The van der Waals surface area contributed by atoms with Crippen LogP contribution in [0.25, 0.3) is 0 Å². The minimum atomic E-state index is -0.545. The molecular formula is C15H15ClN2O3S. The van der Waals surface area contributed by atoms with Gasteiger partial charge in [-0.2, -0.15) is 0 Å². The molecule has 3 rings (SSSR count). The van der Waals surface area contributed by atoms with E-state index in [9.17, 15) is 9.59 Å². The number of carbonyl (C=O) groups excluding carboxylic acids is 2. The van der Waals surface area contributed by atoms with Crippen LogP contribution in [0.2, 0.25) is 5.02 Å². The fourth-order valence-corrected chi connectivity index (χ4v) is 3.62. The Morgan fingerprint density at radius 1 is 1.45 bits per heavy atom. The zero-order chi connectivity index (χ0) is 15.7. The summed E-state index contributed by atoms with van der Waals surface area (Å²) in [6.45, 7) is 1.01. The summed E-state index contributed by atoms with van der Waals surface area (Å²) in [5.74, 6) is -0.721. The van der Waals surface area contributed by atoms with Crippen molar-refractivity contribution in [2.24, 2.45) is 7.05 Å². The number of fused-ring (bicyclic) bond motifs is 1. The zero-order valence-electron chi connectivity index (χ0n) is 12.0. The molecule has 1 aliphatic rings. The number of halogens is 1. The van der Waals surface area contributed by atoms with Crippen LogP contribution in [0, 0.1) is 0 Å². The molecule has 7 heteroatoms. The Kier molecular flexibility index (Phi) is 4.22. The van der Waals surface area contributed by atoms with E-state index >= 15 is 0 Å². The predicted octanol–water partition coefficient (Wildman–Crippen LogP) is 2.48. The predicted molar refractivity (Wildman–Crippen MR) is 84.1 cm³/mol. The minimum Gasteiger partial charge on any atom is -0.451 e. The molecule has 2 aromatic heterocycles. The molecule has 0 aliphatic carbocycles. The van der Waals surface area contributed by atoms with Gasteiger partial charge < -0.3 is 14.2 Å². The Balaban J connectivity index is 1.57. The molecule has 0 N–H and O–H groups in total. The lowest BCUT2D eigenvalue weighted by atomic mass is 10.1. The summed E-state index contributed by atoms with van der Waals surface area (Å²) < 4.78 is 6.68. The molecule has 5 nitrogen and oxygen atoms in total. The molecule has 116 valence electrons. The minimum absolute atomic E-state index is 0.175. The second-order valence-corrected chi connectivity index (χ2v) is 6.60. The van der Waals surface area contributed by atoms with E-state index in [-0.39, 0.29) is 12.5 Å². The number of amides is 1. The van der Waals surface area contributed by atoms with E-state index in [1.165, 1.54) is 16.5 Å². The summed E-state index contributed by atoms with van der Waals surface area (Å²) >= 11 is 7.55. The van der Waals surface area contributed by atoms with Crippen molar-refractivity contribution in [3.8, 4) is 0 Å². The van der Waals surface area contributed by atoms with Crippen molar-refractivity contribution in [2.75, 3.05) is 13.2 Å². The van der Waals surface area contributed by atoms with Gasteiger partial charge in [0.25, 0.3) is 5.91 Å². The van der Waals surface area contributed by atoms with Gasteiger partial charge in [0.2, 0.25) is 0 Å². The van der Waals surface area contributed by atoms with Crippen LogP contribution in [0.1, 0.15) is 20.9 Å². The Morgan fingerprint density at radius 2 is 2.27 bits per heavy atom. The summed E-state index contributed by atoms with van der Waals surface area (Å²) in [7, 11) is 1.70. The molecule has 3 heterocycles. The molecule has 0 aromatic carbocycles. The maximum absolute atomic E-state index is 12.2. The number of hydrogen-bond acceptors (Lipinski definition) is 4. The molecule has 1 aliphatic heterocycles. The van der Waals surface area contributed by atoms with Gasteiger partial charge in [-0.05, 0) is 29.5 Å². The van der Waals surface area contributed by atoms with Crippen molar-refractivity contribution in [3.05, 3.63) is 44.9 Å². The zero-order valence-corrected chi connectivity index (χ0v) is 13.6. The van der Waals surface area contributed by atoms with E-state index in [2.05, 4.69) is 0 Å². The first-order valence-electron chi connectivity index (χ1n) is 6.86. The summed E-state index contributed by atoms with van der Waals surface area (Å²) in [6.07, 6.45) is 2.48. The highest BCUT2D eigenvalue weighted by Crippen LogP contribution is 2.24. The Labute approximate surface area is 137 Å². The lowest BCUT2D eigenvalue weighted by Gasteiger charge is -2.26. The van der Waals surface area contributed by atoms with Gasteiger partial charge >= 0.3 is 5.97 Å². The number of ether oxygens (including phenoxy) is 1. The SMILES string of the molecule is Cn1cc(Cl)cc1C(=O)OCC(=O)N1CCc2sccc2C1. The third kappa shape index (κ3) is 3.03. The molecule has 0 radical (unpaired) electrons. The summed E-state index contributed by atoms with van der Waals surface area (Å²) in [5, 5.41) is 2.50. The van der Waals surface area contributed by atoms with Gasteiger partial charge in [0, 0.05) is 31.2 Å². The van der Waals surface area contributed by atoms with Gasteiger partial charge in [0.05, 0.1) is 5.02 Å². The van der Waals surface area contributed by atoms with Crippen molar-refractivity contribution in [3.63, 3.8) is 0 Å². The van der Waals surface area contributed by atoms with E-state index in [4.69, 9.17) is 16.3 Å². The monoisotopic (exact) mass is 338 g/mol. The van der Waals surface area contributed by atoms with Crippen LogP contribution >= 0.6 is 22.9 Å². The first-order chi connectivity index (χ1) is 10.5.